The lowest BCUT2D eigenvalue weighted by molar-refractivity contribution is -0.0777. The Balaban J connectivity index is 1.92. The lowest BCUT2D eigenvalue weighted by Crippen LogP contribution is -2.45. The Morgan fingerprint density at radius 1 is 1.50 bits per heavy atom. The molecule has 0 spiro atoms. The summed E-state index contributed by atoms with van der Waals surface area (Å²) in [5.74, 6) is 0.559. The molecule has 1 aromatic heterocycles. The lowest BCUT2D eigenvalue weighted by atomic mass is 9.94. The van der Waals surface area contributed by atoms with E-state index in [1.807, 2.05) is 19.2 Å². The summed E-state index contributed by atoms with van der Waals surface area (Å²) in [4.78, 5) is 6.15. The molecule has 0 aliphatic carbocycles. The molecule has 0 unspecified atom stereocenters. The van der Waals surface area contributed by atoms with Crippen LogP contribution in [0.25, 0.3) is 0 Å². The Hall–Kier alpha value is -1.17. The van der Waals surface area contributed by atoms with Crippen LogP contribution in [-0.4, -0.2) is 47.4 Å². The van der Waals surface area contributed by atoms with Gasteiger partial charge in [0.05, 0.1) is 5.60 Å². The van der Waals surface area contributed by atoms with Gasteiger partial charge in [-0.3, -0.25) is 4.90 Å². The summed E-state index contributed by atoms with van der Waals surface area (Å²) < 4.78 is 5.28. The molecule has 2 heterocycles. The summed E-state index contributed by atoms with van der Waals surface area (Å²) in [6.07, 6.45) is 3.07. The van der Waals surface area contributed by atoms with E-state index in [-0.39, 0.29) is 0 Å². The van der Waals surface area contributed by atoms with Gasteiger partial charge < -0.3 is 15.6 Å². The van der Waals surface area contributed by atoms with E-state index in [0.717, 1.165) is 5.56 Å². The van der Waals surface area contributed by atoms with E-state index in [9.17, 15) is 5.11 Å². The minimum absolute atomic E-state index is 0.559. The summed E-state index contributed by atoms with van der Waals surface area (Å²) in [5, 5.41) is 10.4. The number of nitrogen functional groups attached to an aromatic ring is 1. The first-order chi connectivity index (χ1) is 8.59. The van der Waals surface area contributed by atoms with Gasteiger partial charge in [-0.25, -0.2) is 4.98 Å². The first kappa shape index (κ1) is 13.3. The monoisotopic (exact) mass is 251 g/mol. The van der Waals surface area contributed by atoms with Crippen molar-refractivity contribution in [3.8, 4) is 0 Å². The molecule has 1 aromatic rings. The maximum atomic E-state index is 10.4. The van der Waals surface area contributed by atoms with Crippen LogP contribution in [0.2, 0.25) is 0 Å². The van der Waals surface area contributed by atoms with Crippen LogP contribution < -0.4 is 5.73 Å². The van der Waals surface area contributed by atoms with Crippen LogP contribution in [0.15, 0.2) is 18.3 Å². The number of nitrogens with two attached hydrogens (primary N) is 1. The van der Waals surface area contributed by atoms with E-state index in [1.165, 1.54) is 0 Å². The van der Waals surface area contributed by atoms with Gasteiger partial charge in [0.15, 0.2) is 0 Å². The second-order valence-electron chi connectivity index (χ2n) is 5.06. The van der Waals surface area contributed by atoms with Gasteiger partial charge in [-0.1, -0.05) is 6.07 Å². The van der Waals surface area contributed by atoms with Gasteiger partial charge in [0.1, 0.15) is 5.82 Å². The van der Waals surface area contributed by atoms with E-state index in [1.54, 1.807) is 6.20 Å². The molecule has 1 fully saturated rings. The molecule has 1 aliphatic heterocycles. The number of ether oxygens (including phenoxy) is 1. The molecule has 2 rings (SSSR count). The molecular weight excluding hydrogens is 230 g/mol. The molecule has 5 heteroatoms. The van der Waals surface area contributed by atoms with Gasteiger partial charge in [-0.2, -0.15) is 0 Å². The van der Waals surface area contributed by atoms with E-state index >= 15 is 0 Å². The van der Waals surface area contributed by atoms with Crippen molar-refractivity contribution in [2.45, 2.75) is 25.0 Å². The van der Waals surface area contributed by atoms with Crippen molar-refractivity contribution in [1.82, 2.24) is 9.88 Å². The summed E-state index contributed by atoms with van der Waals surface area (Å²) in [6.45, 7) is 2.60. The van der Waals surface area contributed by atoms with Crippen molar-refractivity contribution in [3.05, 3.63) is 23.9 Å². The molecule has 0 radical (unpaired) electrons. The van der Waals surface area contributed by atoms with Gasteiger partial charge in [0.25, 0.3) is 0 Å². The molecule has 0 aromatic carbocycles. The van der Waals surface area contributed by atoms with Crippen molar-refractivity contribution >= 4 is 5.82 Å². The SMILES string of the molecule is CN(Cc1cccnc1N)CC1(O)CCOCC1. The molecule has 1 aliphatic rings. The maximum Gasteiger partial charge on any atom is 0.127 e. The fourth-order valence-corrected chi connectivity index (χ4v) is 2.34. The van der Waals surface area contributed by atoms with Crippen LogP contribution in [-0.2, 0) is 11.3 Å². The number of hydrogen-bond donors (Lipinski definition) is 2. The Morgan fingerprint density at radius 2 is 2.22 bits per heavy atom. The molecule has 18 heavy (non-hydrogen) atoms. The number of anilines is 1. The van der Waals surface area contributed by atoms with Gasteiger partial charge in [0.2, 0.25) is 0 Å². The smallest absolute Gasteiger partial charge is 0.127 e. The fraction of sp³-hybridized carbons (Fsp3) is 0.615. The first-order valence-corrected chi connectivity index (χ1v) is 6.27. The van der Waals surface area contributed by atoms with Crippen LogP contribution in [0.5, 0.6) is 0 Å². The van der Waals surface area contributed by atoms with E-state index < -0.39 is 5.60 Å². The first-order valence-electron chi connectivity index (χ1n) is 6.27. The molecule has 0 amide bonds. The van der Waals surface area contributed by atoms with Crippen molar-refractivity contribution in [1.29, 1.82) is 0 Å². The zero-order chi connectivity index (χ0) is 13.0. The van der Waals surface area contributed by atoms with Gasteiger partial charge in [-0.15, -0.1) is 0 Å². The zero-order valence-corrected chi connectivity index (χ0v) is 10.8. The van der Waals surface area contributed by atoms with Gasteiger partial charge >= 0.3 is 0 Å². The molecule has 1 saturated heterocycles. The Morgan fingerprint density at radius 3 is 2.89 bits per heavy atom. The van der Waals surface area contributed by atoms with Crippen molar-refractivity contribution in [3.63, 3.8) is 0 Å². The molecular formula is C13H21N3O2. The maximum absolute atomic E-state index is 10.4. The summed E-state index contributed by atoms with van der Waals surface area (Å²) >= 11 is 0. The average molecular weight is 251 g/mol. The van der Waals surface area contributed by atoms with Gasteiger partial charge in [0, 0.05) is 50.9 Å². The highest BCUT2D eigenvalue weighted by Crippen LogP contribution is 2.22. The summed E-state index contributed by atoms with van der Waals surface area (Å²) in [5.41, 5.74) is 6.18. The van der Waals surface area contributed by atoms with Crippen LogP contribution in [0.1, 0.15) is 18.4 Å². The minimum atomic E-state index is -0.635. The van der Waals surface area contributed by atoms with Crippen molar-refractivity contribution in [2.75, 3.05) is 32.5 Å². The number of aliphatic hydroxyl groups is 1. The molecule has 3 N–H and O–H groups in total. The highest BCUT2D eigenvalue weighted by molar-refractivity contribution is 5.38. The topological polar surface area (TPSA) is 71.6 Å². The van der Waals surface area contributed by atoms with Crippen molar-refractivity contribution in [2.24, 2.45) is 0 Å². The van der Waals surface area contributed by atoms with Crippen LogP contribution >= 0.6 is 0 Å². The lowest BCUT2D eigenvalue weighted by Gasteiger charge is -2.35. The van der Waals surface area contributed by atoms with Gasteiger partial charge in [-0.05, 0) is 13.1 Å². The normalized spacial score (nSPS) is 19.1. The standard InChI is InChI=1S/C13H21N3O2/c1-16(9-11-3-2-6-15-12(11)14)10-13(17)4-7-18-8-5-13/h2-3,6,17H,4-5,7-10H2,1H3,(H2,14,15). The minimum Gasteiger partial charge on any atom is -0.388 e. The van der Waals surface area contributed by atoms with Crippen LogP contribution in [0.3, 0.4) is 0 Å². The summed E-state index contributed by atoms with van der Waals surface area (Å²) in [7, 11) is 1.99. The average Bonchev–Trinajstić information content (AvgIpc) is 2.32. The second kappa shape index (κ2) is 5.65. The Kier molecular flexibility index (Phi) is 4.16. The third-order valence-corrected chi connectivity index (χ3v) is 3.35. The Labute approximate surface area is 108 Å². The molecule has 0 atom stereocenters. The highest BCUT2D eigenvalue weighted by Gasteiger charge is 2.30. The van der Waals surface area contributed by atoms with E-state index in [2.05, 4.69) is 9.88 Å². The van der Waals surface area contributed by atoms with E-state index in [0.29, 0.717) is 45.0 Å². The number of nitrogens with zero attached hydrogens (tertiary/aromatic N) is 2. The molecule has 5 nitrogen and oxygen atoms in total. The fourth-order valence-electron chi connectivity index (χ4n) is 2.34. The summed E-state index contributed by atoms with van der Waals surface area (Å²) in [6, 6.07) is 3.84. The van der Waals surface area contributed by atoms with Crippen LogP contribution in [0.4, 0.5) is 5.82 Å². The second-order valence-corrected chi connectivity index (χ2v) is 5.06. The number of likely N-dealkylation sites (N-methyl/N-ethyl adjacent to an activating group) is 1. The van der Waals surface area contributed by atoms with E-state index in [4.69, 9.17) is 10.5 Å². The largest absolute Gasteiger partial charge is 0.388 e. The number of hydrogen-bond acceptors (Lipinski definition) is 5. The Bertz CT molecular complexity index is 392. The van der Waals surface area contributed by atoms with Crippen molar-refractivity contribution < 1.29 is 9.84 Å². The number of aromatic nitrogens is 1. The molecule has 0 saturated carbocycles. The zero-order valence-electron chi connectivity index (χ0n) is 10.8. The highest BCUT2D eigenvalue weighted by atomic mass is 16.5. The number of rotatable bonds is 4. The molecule has 0 bridgehead atoms. The third-order valence-electron chi connectivity index (χ3n) is 3.35. The van der Waals surface area contributed by atoms with Crippen LogP contribution in [0, 0.1) is 0 Å². The number of pyridine rings is 1. The predicted molar refractivity (Wildman–Crippen MR) is 70.0 cm³/mol. The molecule has 100 valence electrons. The third kappa shape index (κ3) is 3.41. The predicted octanol–water partition coefficient (Wildman–Crippen LogP) is 0.637. The quantitative estimate of drug-likeness (QED) is 0.821.